The first-order valence-electron chi connectivity index (χ1n) is 7.91. The number of hydrogen-bond donors (Lipinski definition) is 1. The van der Waals surface area contributed by atoms with Gasteiger partial charge in [-0.25, -0.2) is 0 Å². The summed E-state index contributed by atoms with van der Waals surface area (Å²) < 4.78 is 39.0. The van der Waals surface area contributed by atoms with Crippen molar-refractivity contribution in [2.45, 2.75) is 31.7 Å². The highest BCUT2D eigenvalue weighted by Gasteiger charge is 2.39. The molecule has 0 radical (unpaired) electrons. The maximum atomic E-state index is 13.0. The van der Waals surface area contributed by atoms with E-state index in [-0.39, 0.29) is 17.9 Å². The number of halogens is 3. The molecule has 1 N–H and O–H groups in total. The minimum absolute atomic E-state index is 0.176. The summed E-state index contributed by atoms with van der Waals surface area (Å²) in [5.74, 6) is 0. The van der Waals surface area contributed by atoms with Crippen LogP contribution in [0.4, 0.5) is 24.5 Å². The number of hydrogen-bond acceptors (Lipinski definition) is 4. The fourth-order valence-electron chi connectivity index (χ4n) is 3.35. The van der Waals surface area contributed by atoms with Crippen molar-refractivity contribution in [3.8, 4) is 0 Å². The van der Waals surface area contributed by atoms with Gasteiger partial charge in [0.15, 0.2) is 6.23 Å². The Labute approximate surface area is 147 Å². The van der Waals surface area contributed by atoms with Gasteiger partial charge in [0.2, 0.25) is 0 Å². The number of aliphatic hydroxyl groups is 1. The molecule has 0 fully saturated rings. The molecule has 0 aliphatic carbocycles. The first kappa shape index (κ1) is 18.2. The molecule has 1 aliphatic heterocycles. The van der Waals surface area contributed by atoms with Gasteiger partial charge < -0.3 is 10.0 Å². The van der Waals surface area contributed by atoms with Gasteiger partial charge in [-0.05, 0) is 23.8 Å². The Morgan fingerprint density at radius 2 is 1.92 bits per heavy atom. The van der Waals surface area contributed by atoms with Gasteiger partial charge in [0.1, 0.15) is 0 Å². The van der Waals surface area contributed by atoms with Crippen molar-refractivity contribution in [2.75, 3.05) is 11.4 Å². The molecule has 0 saturated heterocycles. The number of rotatable bonds is 2. The maximum Gasteiger partial charge on any atom is 0.416 e. The summed E-state index contributed by atoms with van der Waals surface area (Å²) in [7, 11) is 0. The second-order valence-corrected chi connectivity index (χ2v) is 6.96. The van der Waals surface area contributed by atoms with E-state index in [0.717, 1.165) is 17.7 Å². The number of nitro benzene ring substituents is 1. The normalized spacial score (nSPS) is 19.2. The molecule has 138 valence electrons. The second-order valence-electron chi connectivity index (χ2n) is 6.96. The van der Waals surface area contributed by atoms with Gasteiger partial charge in [-0.2, -0.15) is 13.2 Å². The topological polar surface area (TPSA) is 66.6 Å². The largest absolute Gasteiger partial charge is 0.416 e. The third-order valence-electron chi connectivity index (χ3n) is 4.62. The highest BCUT2D eigenvalue weighted by Crippen LogP contribution is 2.43. The van der Waals surface area contributed by atoms with E-state index in [0.29, 0.717) is 5.56 Å². The van der Waals surface area contributed by atoms with E-state index in [1.54, 1.807) is 6.07 Å². The lowest BCUT2D eigenvalue weighted by atomic mass is 9.77. The molecule has 0 amide bonds. The zero-order valence-electron chi connectivity index (χ0n) is 14.1. The Bertz CT molecular complexity index is 865. The summed E-state index contributed by atoms with van der Waals surface area (Å²) in [4.78, 5) is 11.9. The minimum Gasteiger partial charge on any atom is -0.369 e. The molecule has 1 heterocycles. The minimum atomic E-state index is -4.50. The maximum absolute atomic E-state index is 13.0. The van der Waals surface area contributed by atoms with E-state index in [2.05, 4.69) is 0 Å². The Hall–Kier alpha value is -2.61. The van der Waals surface area contributed by atoms with E-state index in [9.17, 15) is 28.4 Å². The molecule has 0 aromatic heterocycles. The third-order valence-corrected chi connectivity index (χ3v) is 4.62. The third kappa shape index (κ3) is 3.12. The van der Waals surface area contributed by atoms with Crippen molar-refractivity contribution in [1.82, 2.24) is 0 Å². The van der Waals surface area contributed by atoms with E-state index in [1.807, 2.05) is 13.8 Å². The molecule has 2 aromatic rings. The van der Waals surface area contributed by atoms with Crippen LogP contribution in [0.2, 0.25) is 0 Å². The fraction of sp³-hybridized carbons (Fsp3) is 0.333. The molecule has 1 aliphatic rings. The molecule has 0 spiro atoms. The van der Waals surface area contributed by atoms with Crippen LogP contribution in [0, 0.1) is 10.1 Å². The van der Waals surface area contributed by atoms with Gasteiger partial charge in [0.05, 0.1) is 10.5 Å². The number of nitrogens with zero attached hydrogens (tertiary/aromatic N) is 2. The standard InChI is InChI=1S/C18H17F3N2O3/c1-17(2)10-22(12-5-3-4-11(8-12)18(19,20)21)16(24)14-9-13(23(25)26)6-7-15(14)17/h3-9,16,24H,10H2,1-2H3. The summed E-state index contributed by atoms with van der Waals surface area (Å²) >= 11 is 0. The van der Waals surface area contributed by atoms with Gasteiger partial charge in [-0.3, -0.25) is 10.1 Å². The predicted octanol–water partition coefficient (Wildman–Crippen LogP) is 4.40. The molecule has 3 rings (SSSR count). The second kappa shape index (κ2) is 5.98. The van der Waals surface area contributed by atoms with Crippen molar-refractivity contribution in [2.24, 2.45) is 0 Å². The van der Waals surface area contributed by atoms with Crippen LogP contribution in [0.3, 0.4) is 0 Å². The van der Waals surface area contributed by atoms with Crippen LogP contribution in [0.1, 0.15) is 36.8 Å². The number of non-ortho nitro benzene ring substituents is 1. The van der Waals surface area contributed by atoms with E-state index in [1.165, 1.54) is 29.2 Å². The van der Waals surface area contributed by atoms with Crippen LogP contribution in [-0.4, -0.2) is 16.6 Å². The number of fused-ring (bicyclic) bond motifs is 1. The average Bonchev–Trinajstić information content (AvgIpc) is 2.57. The molecule has 1 atom stereocenters. The SMILES string of the molecule is CC1(C)CN(c2cccc(C(F)(F)F)c2)C(O)c2cc([N+](=O)[O-])ccc21. The lowest BCUT2D eigenvalue weighted by Crippen LogP contribution is -2.45. The molecule has 0 saturated carbocycles. The quantitative estimate of drug-likeness (QED) is 0.632. The number of alkyl halides is 3. The molecule has 2 aromatic carbocycles. The number of benzene rings is 2. The number of aliphatic hydroxyl groups excluding tert-OH is 1. The van der Waals surface area contributed by atoms with Crippen LogP contribution in [0.15, 0.2) is 42.5 Å². The van der Waals surface area contributed by atoms with Gasteiger partial charge in [0, 0.05) is 35.3 Å². The highest BCUT2D eigenvalue weighted by atomic mass is 19.4. The number of nitro groups is 1. The highest BCUT2D eigenvalue weighted by molar-refractivity contribution is 5.56. The van der Waals surface area contributed by atoms with E-state index < -0.39 is 28.3 Å². The monoisotopic (exact) mass is 366 g/mol. The molecule has 8 heteroatoms. The van der Waals surface area contributed by atoms with Crippen LogP contribution >= 0.6 is 0 Å². The van der Waals surface area contributed by atoms with Crippen LogP contribution in [-0.2, 0) is 11.6 Å². The predicted molar refractivity (Wildman–Crippen MR) is 89.9 cm³/mol. The van der Waals surface area contributed by atoms with E-state index in [4.69, 9.17) is 0 Å². The van der Waals surface area contributed by atoms with Gasteiger partial charge >= 0.3 is 6.18 Å². The smallest absolute Gasteiger partial charge is 0.369 e. The molecule has 5 nitrogen and oxygen atoms in total. The Morgan fingerprint density at radius 1 is 1.23 bits per heavy atom. The average molecular weight is 366 g/mol. The molecule has 1 unspecified atom stereocenters. The first-order chi connectivity index (χ1) is 12.0. The molecule has 26 heavy (non-hydrogen) atoms. The molecular weight excluding hydrogens is 349 g/mol. The Morgan fingerprint density at radius 3 is 2.54 bits per heavy atom. The van der Waals surface area contributed by atoms with Crippen LogP contribution in [0.25, 0.3) is 0 Å². The van der Waals surface area contributed by atoms with Crippen molar-refractivity contribution < 1.29 is 23.2 Å². The Balaban J connectivity index is 2.09. The summed E-state index contributed by atoms with van der Waals surface area (Å²) in [6.07, 6.45) is -5.77. The van der Waals surface area contributed by atoms with Crippen molar-refractivity contribution in [1.29, 1.82) is 0 Å². The number of anilines is 1. The van der Waals surface area contributed by atoms with Gasteiger partial charge in [0.25, 0.3) is 5.69 Å². The zero-order valence-corrected chi connectivity index (χ0v) is 14.1. The lowest BCUT2D eigenvalue weighted by molar-refractivity contribution is -0.385. The molecule has 0 bridgehead atoms. The van der Waals surface area contributed by atoms with Crippen molar-refractivity contribution in [3.63, 3.8) is 0 Å². The van der Waals surface area contributed by atoms with Gasteiger partial charge in [-0.1, -0.05) is 26.0 Å². The Kier molecular flexibility index (Phi) is 4.18. The molecular formula is C18H17F3N2O3. The first-order valence-corrected chi connectivity index (χ1v) is 7.91. The van der Waals surface area contributed by atoms with E-state index >= 15 is 0 Å². The van der Waals surface area contributed by atoms with Crippen LogP contribution < -0.4 is 4.90 Å². The van der Waals surface area contributed by atoms with Crippen molar-refractivity contribution in [3.05, 3.63) is 69.3 Å². The summed E-state index contributed by atoms with van der Waals surface area (Å²) in [6, 6.07) is 8.94. The van der Waals surface area contributed by atoms with Crippen LogP contribution in [0.5, 0.6) is 0 Å². The fourth-order valence-corrected chi connectivity index (χ4v) is 3.35. The van der Waals surface area contributed by atoms with Crippen molar-refractivity contribution >= 4 is 11.4 Å². The van der Waals surface area contributed by atoms with Gasteiger partial charge in [-0.15, -0.1) is 0 Å². The lowest BCUT2D eigenvalue weighted by Gasteiger charge is -2.44. The summed E-state index contributed by atoms with van der Waals surface area (Å²) in [6.45, 7) is 4.02. The summed E-state index contributed by atoms with van der Waals surface area (Å²) in [5, 5.41) is 21.8. The summed E-state index contributed by atoms with van der Waals surface area (Å²) in [5.41, 5.74) is -0.239. The zero-order chi connectivity index (χ0) is 19.3.